The number of carbonyl (C=O) groups excluding carboxylic acids is 2. The summed E-state index contributed by atoms with van der Waals surface area (Å²) in [4.78, 5) is 25.1. The molecule has 1 heterocycles. The number of hydrogen-bond acceptors (Lipinski definition) is 3. The lowest BCUT2D eigenvalue weighted by molar-refractivity contribution is -0.125. The SMILES string of the molecule is CC1Oc2ccc(C=O)cc2N(Cc2ccc(Cl)cc2)C1=O. The fourth-order valence-corrected chi connectivity index (χ4v) is 2.56. The first-order valence-electron chi connectivity index (χ1n) is 6.90. The van der Waals surface area contributed by atoms with Crippen LogP contribution >= 0.6 is 11.6 Å². The molecule has 0 saturated carbocycles. The molecule has 1 unspecified atom stereocenters. The Bertz CT molecular complexity index is 727. The quantitative estimate of drug-likeness (QED) is 0.815. The minimum Gasteiger partial charge on any atom is -0.479 e. The third-order valence-corrected chi connectivity index (χ3v) is 3.83. The molecule has 0 aromatic heterocycles. The number of amides is 1. The van der Waals surface area contributed by atoms with Gasteiger partial charge in [0.25, 0.3) is 5.91 Å². The van der Waals surface area contributed by atoms with Gasteiger partial charge in [-0.15, -0.1) is 0 Å². The molecule has 0 spiro atoms. The van der Waals surface area contributed by atoms with E-state index in [9.17, 15) is 9.59 Å². The number of anilines is 1. The zero-order valence-corrected chi connectivity index (χ0v) is 12.7. The van der Waals surface area contributed by atoms with Crippen LogP contribution < -0.4 is 9.64 Å². The smallest absolute Gasteiger partial charge is 0.268 e. The maximum Gasteiger partial charge on any atom is 0.268 e. The molecule has 1 aliphatic rings. The minimum atomic E-state index is -0.554. The summed E-state index contributed by atoms with van der Waals surface area (Å²) in [7, 11) is 0. The first-order chi connectivity index (χ1) is 10.6. The van der Waals surface area contributed by atoms with Crippen LogP contribution in [0.2, 0.25) is 5.02 Å². The molecule has 0 N–H and O–H groups in total. The third kappa shape index (κ3) is 2.70. The van der Waals surface area contributed by atoms with Gasteiger partial charge in [0.2, 0.25) is 0 Å². The van der Waals surface area contributed by atoms with Crippen LogP contribution in [0.15, 0.2) is 42.5 Å². The third-order valence-electron chi connectivity index (χ3n) is 3.58. The molecule has 0 fully saturated rings. The number of benzene rings is 2. The van der Waals surface area contributed by atoms with Crippen molar-refractivity contribution in [1.82, 2.24) is 0 Å². The summed E-state index contributed by atoms with van der Waals surface area (Å²) in [5, 5.41) is 0.647. The number of aldehydes is 1. The maximum atomic E-state index is 12.4. The van der Waals surface area contributed by atoms with E-state index in [-0.39, 0.29) is 5.91 Å². The fourth-order valence-electron chi connectivity index (χ4n) is 2.43. The van der Waals surface area contributed by atoms with Gasteiger partial charge in [0.05, 0.1) is 12.2 Å². The van der Waals surface area contributed by atoms with Gasteiger partial charge in [-0.3, -0.25) is 9.59 Å². The zero-order chi connectivity index (χ0) is 15.7. The van der Waals surface area contributed by atoms with Crippen LogP contribution in [-0.2, 0) is 11.3 Å². The van der Waals surface area contributed by atoms with Crippen molar-refractivity contribution in [2.75, 3.05) is 4.90 Å². The summed E-state index contributed by atoms with van der Waals surface area (Å²) >= 11 is 5.89. The van der Waals surface area contributed by atoms with Crippen LogP contribution in [0.25, 0.3) is 0 Å². The second-order valence-corrected chi connectivity index (χ2v) is 5.59. The number of halogens is 1. The lowest BCUT2D eigenvalue weighted by Crippen LogP contribution is -2.44. The van der Waals surface area contributed by atoms with E-state index >= 15 is 0 Å². The van der Waals surface area contributed by atoms with Crippen molar-refractivity contribution in [3.05, 3.63) is 58.6 Å². The zero-order valence-electron chi connectivity index (χ0n) is 12.0. The number of rotatable bonds is 3. The van der Waals surface area contributed by atoms with Crippen molar-refractivity contribution in [1.29, 1.82) is 0 Å². The average Bonchev–Trinajstić information content (AvgIpc) is 2.53. The molecular formula is C17H14ClNO3. The van der Waals surface area contributed by atoms with E-state index in [0.29, 0.717) is 28.6 Å². The molecule has 0 radical (unpaired) electrons. The Balaban J connectivity index is 2.00. The molecule has 22 heavy (non-hydrogen) atoms. The Morgan fingerprint density at radius 2 is 1.95 bits per heavy atom. The second kappa shape index (κ2) is 5.81. The van der Waals surface area contributed by atoms with Crippen molar-refractivity contribution in [2.45, 2.75) is 19.6 Å². The molecule has 2 aromatic rings. The molecular weight excluding hydrogens is 302 g/mol. The van der Waals surface area contributed by atoms with Crippen molar-refractivity contribution in [3.63, 3.8) is 0 Å². The lowest BCUT2D eigenvalue weighted by atomic mass is 10.1. The number of nitrogens with zero attached hydrogens (tertiary/aromatic N) is 1. The molecule has 5 heteroatoms. The molecule has 1 aliphatic heterocycles. The first kappa shape index (κ1) is 14.6. The standard InChI is InChI=1S/C17H14ClNO3/c1-11-17(21)19(9-12-2-5-14(18)6-3-12)15-8-13(10-20)4-7-16(15)22-11/h2-8,10-11H,9H2,1H3. The first-order valence-corrected chi connectivity index (χ1v) is 7.28. The molecule has 0 aliphatic carbocycles. The van der Waals surface area contributed by atoms with E-state index < -0.39 is 6.10 Å². The van der Waals surface area contributed by atoms with Crippen LogP contribution in [0.1, 0.15) is 22.8 Å². The van der Waals surface area contributed by atoms with Crippen molar-refractivity contribution in [2.24, 2.45) is 0 Å². The van der Waals surface area contributed by atoms with E-state index in [4.69, 9.17) is 16.3 Å². The number of hydrogen-bond donors (Lipinski definition) is 0. The summed E-state index contributed by atoms with van der Waals surface area (Å²) < 4.78 is 5.60. The topological polar surface area (TPSA) is 46.6 Å². The van der Waals surface area contributed by atoms with Crippen LogP contribution in [0.3, 0.4) is 0 Å². The Kier molecular flexibility index (Phi) is 3.86. The molecule has 0 bridgehead atoms. The van der Waals surface area contributed by atoms with Crippen molar-refractivity contribution in [3.8, 4) is 5.75 Å². The summed E-state index contributed by atoms with van der Waals surface area (Å²) in [6.45, 7) is 2.12. The van der Waals surface area contributed by atoms with Gasteiger partial charge in [-0.25, -0.2) is 0 Å². The second-order valence-electron chi connectivity index (χ2n) is 5.16. The van der Waals surface area contributed by atoms with Crippen molar-refractivity contribution >= 4 is 29.5 Å². The minimum absolute atomic E-state index is 0.134. The summed E-state index contributed by atoms with van der Waals surface area (Å²) in [6, 6.07) is 12.4. The fraction of sp³-hybridized carbons (Fsp3) is 0.176. The average molecular weight is 316 g/mol. The Morgan fingerprint density at radius 1 is 1.23 bits per heavy atom. The highest BCUT2D eigenvalue weighted by Crippen LogP contribution is 2.35. The van der Waals surface area contributed by atoms with E-state index in [2.05, 4.69) is 0 Å². The Hall–Kier alpha value is -2.33. The van der Waals surface area contributed by atoms with Gasteiger partial charge in [-0.2, -0.15) is 0 Å². The highest BCUT2D eigenvalue weighted by molar-refractivity contribution is 6.30. The number of fused-ring (bicyclic) bond motifs is 1. The Labute approximate surface area is 133 Å². The largest absolute Gasteiger partial charge is 0.479 e. The van der Waals surface area contributed by atoms with E-state index in [1.54, 1.807) is 42.2 Å². The molecule has 4 nitrogen and oxygen atoms in total. The van der Waals surface area contributed by atoms with Crippen LogP contribution in [0.5, 0.6) is 5.75 Å². The summed E-state index contributed by atoms with van der Waals surface area (Å²) in [5.41, 5.74) is 2.07. The predicted molar refractivity (Wildman–Crippen MR) is 84.6 cm³/mol. The van der Waals surface area contributed by atoms with Gasteiger partial charge in [0, 0.05) is 10.6 Å². The van der Waals surface area contributed by atoms with Gasteiger partial charge >= 0.3 is 0 Å². The molecule has 1 amide bonds. The molecule has 3 rings (SSSR count). The summed E-state index contributed by atoms with van der Waals surface area (Å²) in [5.74, 6) is 0.470. The van der Waals surface area contributed by atoms with Gasteiger partial charge in [-0.05, 0) is 42.8 Å². The van der Waals surface area contributed by atoms with Gasteiger partial charge in [-0.1, -0.05) is 23.7 Å². The normalized spacial score (nSPS) is 16.9. The molecule has 112 valence electrons. The van der Waals surface area contributed by atoms with E-state index in [0.717, 1.165) is 11.8 Å². The highest BCUT2D eigenvalue weighted by Gasteiger charge is 2.31. The lowest BCUT2D eigenvalue weighted by Gasteiger charge is -2.33. The van der Waals surface area contributed by atoms with Crippen LogP contribution in [0, 0.1) is 0 Å². The number of carbonyl (C=O) groups is 2. The van der Waals surface area contributed by atoms with Gasteiger partial charge < -0.3 is 9.64 Å². The highest BCUT2D eigenvalue weighted by atomic mass is 35.5. The van der Waals surface area contributed by atoms with Gasteiger partial charge in [0.15, 0.2) is 6.10 Å². The molecule has 2 aromatic carbocycles. The predicted octanol–water partition coefficient (Wildman–Crippen LogP) is 3.47. The Morgan fingerprint density at radius 3 is 2.64 bits per heavy atom. The molecule has 0 saturated heterocycles. The van der Waals surface area contributed by atoms with E-state index in [1.165, 1.54) is 0 Å². The monoisotopic (exact) mass is 315 g/mol. The van der Waals surface area contributed by atoms with Crippen LogP contribution in [-0.4, -0.2) is 18.3 Å². The molecule has 1 atom stereocenters. The van der Waals surface area contributed by atoms with E-state index in [1.807, 2.05) is 12.1 Å². The number of ether oxygens (including phenoxy) is 1. The van der Waals surface area contributed by atoms with Crippen molar-refractivity contribution < 1.29 is 14.3 Å². The maximum absolute atomic E-state index is 12.4. The van der Waals surface area contributed by atoms with Gasteiger partial charge in [0.1, 0.15) is 12.0 Å². The summed E-state index contributed by atoms with van der Waals surface area (Å²) in [6.07, 6.45) is 0.199. The van der Waals surface area contributed by atoms with Crippen LogP contribution in [0.4, 0.5) is 5.69 Å².